The minimum absolute atomic E-state index is 0.0649. The van der Waals surface area contributed by atoms with Gasteiger partial charge < -0.3 is 0 Å². The molecule has 6 heteroatoms. The number of aryl methyl sites for hydroxylation is 1. The Labute approximate surface area is 141 Å². The summed E-state index contributed by atoms with van der Waals surface area (Å²) in [6, 6.07) is 14.3. The van der Waals surface area contributed by atoms with Crippen LogP contribution in [0.1, 0.15) is 18.9 Å². The zero-order valence-corrected chi connectivity index (χ0v) is 14.4. The Hall–Kier alpha value is -1.07. The van der Waals surface area contributed by atoms with Gasteiger partial charge in [-0.15, -0.1) is 0 Å². The van der Waals surface area contributed by atoms with E-state index in [9.17, 15) is 8.42 Å². The third-order valence-corrected chi connectivity index (χ3v) is 5.80. The second kappa shape index (κ2) is 7.47. The van der Waals surface area contributed by atoms with Gasteiger partial charge in [0.2, 0.25) is 10.0 Å². The molecule has 1 N–H and O–H groups in total. The van der Waals surface area contributed by atoms with Crippen molar-refractivity contribution in [3.05, 3.63) is 64.1 Å². The van der Waals surface area contributed by atoms with Crippen LogP contribution in [0.25, 0.3) is 0 Å². The highest BCUT2D eigenvalue weighted by Crippen LogP contribution is 2.29. The summed E-state index contributed by atoms with van der Waals surface area (Å²) in [7, 11) is -3.74. The molecule has 0 aliphatic carbocycles. The minimum atomic E-state index is -3.74. The van der Waals surface area contributed by atoms with Gasteiger partial charge in [0.05, 0.1) is 10.0 Å². The highest BCUT2D eigenvalue weighted by molar-refractivity contribution is 7.89. The van der Waals surface area contributed by atoms with Crippen molar-refractivity contribution in [1.82, 2.24) is 4.72 Å². The number of hydrogen-bond donors (Lipinski definition) is 1. The number of sulfonamides is 1. The van der Waals surface area contributed by atoms with Crippen LogP contribution in [0.15, 0.2) is 53.4 Å². The molecule has 3 nitrogen and oxygen atoms in total. The molecule has 2 aromatic rings. The van der Waals surface area contributed by atoms with Gasteiger partial charge in [-0.3, -0.25) is 0 Å². The molecule has 0 aliphatic heterocycles. The summed E-state index contributed by atoms with van der Waals surface area (Å²) in [6.07, 6.45) is 1.48. The molecule has 22 heavy (non-hydrogen) atoms. The maximum Gasteiger partial charge on any atom is 0.243 e. The van der Waals surface area contributed by atoms with Gasteiger partial charge in [0.25, 0.3) is 0 Å². The summed E-state index contributed by atoms with van der Waals surface area (Å²) >= 11 is 11.9. The van der Waals surface area contributed by atoms with E-state index in [1.807, 2.05) is 37.3 Å². The van der Waals surface area contributed by atoms with Crippen LogP contribution in [-0.4, -0.2) is 14.5 Å². The van der Waals surface area contributed by atoms with Gasteiger partial charge in [-0.25, -0.2) is 13.1 Å². The van der Waals surface area contributed by atoms with E-state index in [-0.39, 0.29) is 21.0 Å². The van der Waals surface area contributed by atoms with Gasteiger partial charge >= 0.3 is 0 Å². The summed E-state index contributed by atoms with van der Waals surface area (Å²) in [5, 5.41) is 0.241. The van der Waals surface area contributed by atoms with Gasteiger partial charge in [0.1, 0.15) is 4.90 Å². The fourth-order valence-electron chi connectivity index (χ4n) is 2.15. The maximum absolute atomic E-state index is 12.4. The van der Waals surface area contributed by atoms with E-state index in [0.29, 0.717) is 6.42 Å². The first-order valence-electron chi connectivity index (χ1n) is 6.90. The lowest BCUT2D eigenvalue weighted by molar-refractivity contribution is 0.547. The molecule has 2 rings (SSSR count). The number of hydrogen-bond acceptors (Lipinski definition) is 2. The molecule has 0 amide bonds. The molecule has 0 spiro atoms. The van der Waals surface area contributed by atoms with Crippen LogP contribution in [0.3, 0.4) is 0 Å². The molecule has 0 aromatic heterocycles. The third-order valence-electron chi connectivity index (χ3n) is 3.25. The first-order valence-corrected chi connectivity index (χ1v) is 9.14. The average molecular weight is 358 g/mol. The van der Waals surface area contributed by atoms with Crippen LogP contribution in [0.5, 0.6) is 0 Å². The fourth-order valence-corrected chi connectivity index (χ4v) is 4.57. The first kappa shape index (κ1) is 17.3. The molecule has 0 saturated heterocycles. The number of benzene rings is 2. The largest absolute Gasteiger partial charge is 0.243 e. The quantitative estimate of drug-likeness (QED) is 0.837. The SMILES string of the molecule is CC(CCc1ccccc1)NS(=O)(=O)c1c(Cl)cccc1Cl. The van der Waals surface area contributed by atoms with Crippen molar-refractivity contribution in [2.75, 3.05) is 0 Å². The predicted octanol–water partition coefficient (Wildman–Crippen LogP) is 4.29. The van der Waals surface area contributed by atoms with Gasteiger partial charge in [-0.05, 0) is 37.5 Å². The lowest BCUT2D eigenvalue weighted by Crippen LogP contribution is -2.33. The van der Waals surface area contributed by atoms with E-state index < -0.39 is 10.0 Å². The smallest absolute Gasteiger partial charge is 0.208 e. The van der Waals surface area contributed by atoms with Crippen LogP contribution in [-0.2, 0) is 16.4 Å². The molecule has 0 saturated carbocycles. The third kappa shape index (κ3) is 4.46. The number of halogens is 2. The summed E-state index contributed by atoms with van der Waals surface area (Å²) in [4.78, 5) is -0.0649. The van der Waals surface area contributed by atoms with Gasteiger partial charge in [0.15, 0.2) is 0 Å². The second-order valence-corrected chi connectivity index (χ2v) is 7.56. The maximum atomic E-state index is 12.4. The highest BCUT2D eigenvalue weighted by atomic mass is 35.5. The monoisotopic (exact) mass is 357 g/mol. The molecule has 0 heterocycles. The molecule has 2 aromatic carbocycles. The Bertz CT molecular complexity index is 713. The van der Waals surface area contributed by atoms with Gasteiger partial charge in [0, 0.05) is 6.04 Å². The normalized spacial score (nSPS) is 13.0. The topological polar surface area (TPSA) is 46.2 Å². The fraction of sp³-hybridized carbons (Fsp3) is 0.250. The molecule has 0 radical (unpaired) electrons. The van der Waals surface area contributed by atoms with Gasteiger partial charge in [-0.2, -0.15) is 0 Å². The second-order valence-electron chi connectivity index (χ2n) is 5.10. The molecular weight excluding hydrogens is 341 g/mol. The predicted molar refractivity (Wildman–Crippen MR) is 91.0 cm³/mol. The van der Waals surface area contributed by atoms with Crippen molar-refractivity contribution in [1.29, 1.82) is 0 Å². The van der Waals surface area contributed by atoms with E-state index in [2.05, 4.69) is 4.72 Å². The van der Waals surface area contributed by atoms with Crippen LogP contribution in [0.4, 0.5) is 0 Å². The molecule has 0 bridgehead atoms. The zero-order valence-electron chi connectivity index (χ0n) is 12.1. The van der Waals surface area contributed by atoms with Crippen molar-refractivity contribution in [2.45, 2.75) is 30.7 Å². The standard InChI is InChI=1S/C16H17Cl2NO2S/c1-12(10-11-13-6-3-2-4-7-13)19-22(20,21)16-14(17)8-5-9-15(16)18/h2-9,12,19H,10-11H2,1H3. The number of rotatable bonds is 6. The van der Waals surface area contributed by atoms with E-state index in [1.165, 1.54) is 17.7 Å². The van der Waals surface area contributed by atoms with E-state index in [1.54, 1.807) is 6.07 Å². The summed E-state index contributed by atoms with van der Waals surface area (Å²) in [5.41, 5.74) is 1.17. The first-order chi connectivity index (χ1) is 10.4. The summed E-state index contributed by atoms with van der Waals surface area (Å²) in [6.45, 7) is 1.82. The Morgan fingerprint density at radius 2 is 1.59 bits per heavy atom. The van der Waals surface area contributed by atoms with Crippen LogP contribution < -0.4 is 4.72 Å². The average Bonchev–Trinajstić information content (AvgIpc) is 2.45. The van der Waals surface area contributed by atoms with Crippen LogP contribution >= 0.6 is 23.2 Å². The van der Waals surface area contributed by atoms with Crippen molar-refractivity contribution in [3.63, 3.8) is 0 Å². The van der Waals surface area contributed by atoms with E-state index in [4.69, 9.17) is 23.2 Å². The van der Waals surface area contributed by atoms with Crippen LogP contribution in [0.2, 0.25) is 10.0 Å². The Balaban J connectivity index is 2.05. The highest BCUT2D eigenvalue weighted by Gasteiger charge is 2.23. The molecule has 0 fully saturated rings. The minimum Gasteiger partial charge on any atom is -0.208 e. The molecule has 1 atom stereocenters. The molecular formula is C16H17Cl2NO2S. The molecule has 0 aliphatic rings. The van der Waals surface area contributed by atoms with Crippen molar-refractivity contribution in [3.8, 4) is 0 Å². The molecule has 118 valence electrons. The Kier molecular flexibility index (Phi) is 5.87. The Morgan fingerprint density at radius 3 is 2.18 bits per heavy atom. The van der Waals surface area contributed by atoms with Crippen LogP contribution in [0, 0.1) is 0 Å². The number of nitrogens with one attached hydrogen (secondary N) is 1. The summed E-state index contributed by atoms with van der Waals surface area (Å²) < 4.78 is 27.5. The summed E-state index contributed by atoms with van der Waals surface area (Å²) in [5.74, 6) is 0. The zero-order chi connectivity index (χ0) is 16.2. The van der Waals surface area contributed by atoms with E-state index >= 15 is 0 Å². The Morgan fingerprint density at radius 1 is 1.00 bits per heavy atom. The van der Waals surface area contributed by atoms with E-state index in [0.717, 1.165) is 6.42 Å². The lowest BCUT2D eigenvalue weighted by Gasteiger charge is -2.15. The van der Waals surface area contributed by atoms with Gasteiger partial charge in [-0.1, -0.05) is 59.6 Å². The van der Waals surface area contributed by atoms with Crippen molar-refractivity contribution >= 4 is 33.2 Å². The van der Waals surface area contributed by atoms with Crippen molar-refractivity contribution < 1.29 is 8.42 Å². The lowest BCUT2D eigenvalue weighted by atomic mass is 10.1. The molecule has 1 unspecified atom stereocenters. The van der Waals surface area contributed by atoms with Crippen molar-refractivity contribution in [2.24, 2.45) is 0 Å².